The zero-order valence-corrected chi connectivity index (χ0v) is 5.24. The predicted molar refractivity (Wildman–Crippen MR) is 32.9 cm³/mol. The SMILES string of the molecule is NC(=O)C(CC=O)NC=O. The molecule has 2 amide bonds. The molecule has 0 aromatic rings. The number of primary amides is 1. The van der Waals surface area contributed by atoms with E-state index < -0.39 is 11.9 Å². The van der Waals surface area contributed by atoms with E-state index in [2.05, 4.69) is 5.32 Å². The van der Waals surface area contributed by atoms with Crippen molar-refractivity contribution >= 4 is 18.6 Å². The maximum atomic E-state index is 10.3. The summed E-state index contributed by atoms with van der Waals surface area (Å²) in [6.07, 6.45) is 0.777. The lowest BCUT2D eigenvalue weighted by Gasteiger charge is -2.06. The molecule has 0 bridgehead atoms. The van der Waals surface area contributed by atoms with Gasteiger partial charge in [0.1, 0.15) is 12.3 Å². The highest BCUT2D eigenvalue weighted by molar-refractivity contribution is 5.84. The quantitative estimate of drug-likeness (QED) is 0.445. The van der Waals surface area contributed by atoms with Gasteiger partial charge in [0.05, 0.1) is 0 Å². The average molecular weight is 144 g/mol. The van der Waals surface area contributed by atoms with E-state index >= 15 is 0 Å². The van der Waals surface area contributed by atoms with Crippen molar-refractivity contribution < 1.29 is 14.4 Å². The van der Waals surface area contributed by atoms with Crippen molar-refractivity contribution in [3.05, 3.63) is 0 Å². The molecule has 3 N–H and O–H groups in total. The van der Waals surface area contributed by atoms with Gasteiger partial charge in [-0.05, 0) is 0 Å². The van der Waals surface area contributed by atoms with Gasteiger partial charge in [0.15, 0.2) is 0 Å². The topological polar surface area (TPSA) is 89.3 Å². The van der Waals surface area contributed by atoms with Gasteiger partial charge < -0.3 is 15.8 Å². The number of amides is 2. The highest BCUT2D eigenvalue weighted by atomic mass is 16.2. The van der Waals surface area contributed by atoms with Gasteiger partial charge in [-0.15, -0.1) is 0 Å². The van der Waals surface area contributed by atoms with Gasteiger partial charge >= 0.3 is 0 Å². The third-order valence-electron chi connectivity index (χ3n) is 0.945. The molecule has 10 heavy (non-hydrogen) atoms. The zero-order valence-electron chi connectivity index (χ0n) is 5.24. The van der Waals surface area contributed by atoms with Crippen LogP contribution in [0.2, 0.25) is 0 Å². The molecule has 0 aromatic carbocycles. The molecule has 0 rings (SSSR count). The number of nitrogens with one attached hydrogen (secondary N) is 1. The van der Waals surface area contributed by atoms with Gasteiger partial charge in [-0.25, -0.2) is 0 Å². The Morgan fingerprint density at radius 1 is 1.60 bits per heavy atom. The Morgan fingerprint density at radius 3 is 2.50 bits per heavy atom. The highest BCUT2D eigenvalue weighted by Gasteiger charge is 2.11. The number of carbonyl (C=O) groups excluding carboxylic acids is 3. The van der Waals surface area contributed by atoms with E-state index in [9.17, 15) is 14.4 Å². The standard InChI is InChI=1S/C5H8N2O3/c6-5(10)4(1-2-8)7-3-9/h2-4H,1H2,(H2,6,10)(H,7,9). The normalized spacial score (nSPS) is 11.6. The Labute approximate surface area is 57.6 Å². The summed E-state index contributed by atoms with van der Waals surface area (Å²) < 4.78 is 0. The van der Waals surface area contributed by atoms with E-state index in [0.29, 0.717) is 12.7 Å². The van der Waals surface area contributed by atoms with E-state index in [1.165, 1.54) is 0 Å². The largest absolute Gasteiger partial charge is 0.368 e. The molecule has 0 aliphatic heterocycles. The minimum Gasteiger partial charge on any atom is -0.368 e. The number of aldehydes is 1. The summed E-state index contributed by atoms with van der Waals surface area (Å²) in [7, 11) is 0. The summed E-state index contributed by atoms with van der Waals surface area (Å²) in [6, 6.07) is -0.866. The molecule has 0 saturated carbocycles. The maximum absolute atomic E-state index is 10.3. The lowest BCUT2D eigenvalue weighted by molar-refractivity contribution is -0.124. The van der Waals surface area contributed by atoms with Crippen LogP contribution < -0.4 is 11.1 Å². The van der Waals surface area contributed by atoms with E-state index in [4.69, 9.17) is 5.73 Å². The number of rotatable bonds is 5. The van der Waals surface area contributed by atoms with E-state index in [0.717, 1.165) is 0 Å². The molecule has 0 radical (unpaired) electrons. The molecule has 56 valence electrons. The Morgan fingerprint density at radius 2 is 2.20 bits per heavy atom. The van der Waals surface area contributed by atoms with Crippen molar-refractivity contribution in [1.82, 2.24) is 5.32 Å². The van der Waals surface area contributed by atoms with Gasteiger partial charge in [-0.3, -0.25) is 9.59 Å². The first-order valence-electron chi connectivity index (χ1n) is 2.65. The van der Waals surface area contributed by atoms with E-state index in [-0.39, 0.29) is 6.42 Å². The highest BCUT2D eigenvalue weighted by Crippen LogP contribution is 1.83. The Balaban J connectivity index is 3.83. The van der Waals surface area contributed by atoms with Crippen LogP contribution in [0.5, 0.6) is 0 Å². The van der Waals surface area contributed by atoms with Crippen molar-refractivity contribution in [2.45, 2.75) is 12.5 Å². The van der Waals surface area contributed by atoms with E-state index in [1.807, 2.05) is 0 Å². The second-order valence-electron chi connectivity index (χ2n) is 1.64. The molecule has 5 nitrogen and oxygen atoms in total. The second kappa shape index (κ2) is 4.49. The zero-order chi connectivity index (χ0) is 7.98. The Bertz CT molecular complexity index is 136. The fourth-order valence-corrected chi connectivity index (χ4v) is 0.445. The molecule has 0 aliphatic rings. The van der Waals surface area contributed by atoms with Gasteiger partial charge in [-0.1, -0.05) is 0 Å². The lowest BCUT2D eigenvalue weighted by Crippen LogP contribution is -2.40. The molecule has 0 fully saturated rings. The van der Waals surface area contributed by atoms with Crippen LogP contribution in [0.25, 0.3) is 0 Å². The number of nitrogens with two attached hydrogens (primary N) is 1. The van der Waals surface area contributed by atoms with Gasteiger partial charge in [0, 0.05) is 6.42 Å². The molecule has 0 heterocycles. The Kier molecular flexibility index (Phi) is 3.86. The summed E-state index contributed by atoms with van der Waals surface area (Å²) in [5, 5.41) is 2.10. The smallest absolute Gasteiger partial charge is 0.240 e. The monoisotopic (exact) mass is 144 g/mol. The predicted octanol–water partition coefficient (Wildman–Crippen LogP) is -1.82. The van der Waals surface area contributed by atoms with Crippen molar-refractivity contribution in [2.24, 2.45) is 5.73 Å². The average Bonchev–Trinajstić information content (AvgIpc) is 1.87. The molecule has 0 aliphatic carbocycles. The molecule has 1 atom stereocenters. The first-order chi connectivity index (χ1) is 4.72. The number of hydrogen-bond acceptors (Lipinski definition) is 3. The van der Waals surface area contributed by atoms with Crippen molar-refractivity contribution in [3.63, 3.8) is 0 Å². The molecule has 1 unspecified atom stereocenters. The summed E-state index contributed by atoms with van der Waals surface area (Å²) in [5.41, 5.74) is 4.79. The molecule has 0 aromatic heterocycles. The van der Waals surface area contributed by atoms with Crippen LogP contribution in [0.3, 0.4) is 0 Å². The summed E-state index contributed by atoms with van der Waals surface area (Å²) in [4.78, 5) is 29.9. The van der Waals surface area contributed by atoms with Crippen LogP contribution >= 0.6 is 0 Å². The van der Waals surface area contributed by atoms with Crippen LogP contribution in [-0.4, -0.2) is 24.6 Å². The van der Waals surface area contributed by atoms with Crippen LogP contribution in [0.4, 0.5) is 0 Å². The first-order valence-corrected chi connectivity index (χ1v) is 2.65. The molecule has 5 heteroatoms. The number of carbonyl (C=O) groups is 3. The number of hydrogen-bond donors (Lipinski definition) is 2. The van der Waals surface area contributed by atoms with Gasteiger partial charge in [0.25, 0.3) is 0 Å². The van der Waals surface area contributed by atoms with Crippen LogP contribution in [-0.2, 0) is 14.4 Å². The minimum atomic E-state index is -0.866. The molecular weight excluding hydrogens is 136 g/mol. The molecular formula is C5H8N2O3. The van der Waals surface area contributed by atoms with Crippen LogP contribution in [0.1, 0.15) is 6.42 Å². The van der Waals surface area contributed by atoms with Crippen molar-refractivity contribution in [3.8, 4) is 0 Å². The third kappa shape index (κ3) is 2.81. The van der Waals surface area contributed by atoms with Crippen LogP contribution in [0.15, 0.2) is 0 Å². The maximum Gasteiger partial charge on any atom is 0.240 e. The third-order valence-corrected chi connectivity index (χ3v) is 0.945. The first kappa shape index (κ1) is 8.61. The minimum absolute atomic E-state index is 0.0753. The van der Waals surface area contributed by atoms with Gasteiger partial charge in [-0.2, -0.15) is 0 Å². The second-order valence-corrected chi connectivity index (χ2v) is 1.64. The van der Waals surface area contributed by atoms with Crippen LogP contribution in [0, 0.1) is 0 Å². The fraction of sp³-hybridized carbons (Fsp3) is 0.400. The fourth-order valence-electron chi connectivity index (χ4n) is 0.445. The summed E-state index contributed by atoms with van der Waals surface area (Å²) in [6.45, 7) is 0. The van der Waals surface area contributed by atoms with Crippen molar-refractivity contribution in [2.75, 3.05) is 0 Å². The lowest BCUT2D eigenvalue weighted by atomic mass is 10.2. The van der Waals surface area contributed by atoms with E-state index in [1.54, 1.807) is 0 Å². The molecule has 0 saturated heterocycles. The summed E-state index contributed by atoms with van der Waals surface area (Å²) in [5.74, 6) is -0.709. The summed E-state index contributed by atoms with van der Waals surface area (Å²) >= 11 is 0. The van der Waals surface area contributed by atoms with Gasteiger partial charge in [0.2, 0.25) is 12.3 Å². The Hall–Kier alpha value is -1.39. The van der Waals surface area contributed by atoms with Crippen molar-refractivity contribution in [1.29, 1.82) is 0 Å². The molecule has 0 spiro atoms.